The standard InChI is InChI=1S/C15H26O/c1-10-5-6-12-13(2,3)9-14(4)8-7-11(10)15(12,14)16/h10-12,16H,5-9H2,1-4H3/t10-,11+,12+,14+,15-/m0/s1. The van der Waals surface area contributed by atoms with Gasteiger partial charge in [0.05, 0.1) is 5.60 Å². The molecule has 0 spiro atoms. The van der Waals surface area contributed by atoms with E-state index in [1.54, 1.807) is 0 Å². The fourth-order valence-corrected chi connectivity index (χ4v) is 5.94. The first-order valence-corrected chi connectivity index (χ1v) is 7.04. The summed E-state index contributed by atoms with van der Waals surface area (Å²) in [5.74, 6) is 1.86. The molecule has 3 fully saturated rings. The molecule has 16 heavy (non-hydrogen) atoms. The molecule has 0 bridgehead atoms. The van der Waals surface area contributed by atoms with E-state index in [-0.39, 0.29) is 11.0 Å². The quantitative estimate of drug-likeness (QED) is 0.664. The third kappa shape index (κ3) is 1.02. The molecule has 3 aliphatic carbocycles. The lowest BCUT2D eigenvalue weighted by atomic mass is 9.60. The van der Waals surface area contributed by atoms with E-state index in [2.05, 4.69) is 27.7 Å². The Morgan fingerprint density at radius 3 is 2.44 bits per heavy atom. The van der Waals surface area contributed by atoms with Crippen LogP contribution in [0.25, 0.3) is 0 Å². The average Bonchev–Trinajstić information content (AvgIpc) is 2.46. The lowest BCUT2D eigenvalue weighted by Gasteiger charge is -2.49. The van der Waals surface area contributed by atoms with Crippen molar-refractivity contribution in [1.29, 1.82) is 0 Å². The predicted molar refractivity (Wildman–Crippen MR) is 66.1 cm³/mol. The predicted octanol–water partition coefficient (Wildman–Crippen LogP) is 3.61. The summed E-state index contributed by atoms with van der Waals surface area (Å²) in [4.78, 5) is 0. The van der Waals surface area contributed by atoms with Crippen molar-refractivity contribution in [3.8, 4) is 0 Å². The van der Waals surface area contributed by atoms with Gasteiger partial charge in [-0.15, -0.1) is 0 Å². The van der Waals surface area contributed by atoms with Gasteiger partial charge in [-0.05, 0) is 60.7 Å². The fraction of sp³-hybridized carbons (Fsp3) is 1.00. The molecule has 0 saturated heterocycles. The molecular weight excluding hydrogens is 196 g/mol. The zero-order valence-corrected chi connectivity index (χ0v) is 11.2. The Kier molecular flexibility index (Phi) is 1.98. The summed E-state index contributed by atoms with van der Waals surface area (Å²) in [6, 6.07) is 0. The Bertz CT molecular complexity index is 321. The van der Waals surface area contributed by atoms with Crippen LogP contribution >= 0.6 is 0 Å². The van der Waals surface area contributed by atoms with E-state index in [1.165, 1.54) is 32.1 Å². The van der Waals surface area contributed by atoms with Crippen molar-refractivity contribution >= 4 is 0 Å². The highest BCUT2D eigenvalue weighted by Crippen LogP contribution is 2.71. The van der Waals surface area contributed by atoms with Gasteiger partial charge in [0.25, 0.3) is 0 Å². The third-order valence-electron chi connectivity index (χ3n) is 6.46. The number of hydrogen-bond acceptors (Lipinski definition) is 1. The van der Waals surface area contributed by atoms with Gasteiger partial charge in [0.1, 0.15) is 0 Å². The summed E-state index contributed by atoms with van der Waals surface area (Å²) in [5, 5.41) is 11.4. The van der Waals surface area contributed by atoms with E-state index in [0.29, 0.717) is 17.3 Å². The molecule has 5 atom stereocenters. The molecular formula is C15H26O. The number of aliphatic hydroxyl groups is 1. The average molecular weight is 222 g/mol. The van der Waals surface area contributed by atoms with Gasteiger partial charge in [-0.25, -0.2) is 0 Å². The van der Waals surface area contributed by atoms with Gasteiger partial charge < -0.3 is 5.11 Å². The second-order valence-corrected chi connectivity index (χ2v) is 7.80. The van der Waals surface area contributed by atoms with Crippen molar-refractivity contribution in [2.24, 2.45) is 28.6 Å². The first-order valence-electron chi connectivity index (χ1n) is 7.04. The molecule has 0 radical (unpaired) electrons. The molecule has 0 amide bonds. The van der Waals surface area contributed by atoms with Crippen LogP contribution in [0.3, 0.4) is 0 Å². The largest absolute Gasteiger partial charge is 0.389 e. The smallest absolute Gasteiger partial charge is 0.0764 e. The molecule has 3 rings (SSSR count). The van der Waals surface area contributed by atoms with E-state index < -0.39 is 0 Å². The van der Waals surface area contributed by atoms with Crippen molar-refractivity contribution in [2.45, 2.75) is 65.4 Å². The maximum absolute atomic E-state index is 11.4. The fourth-order valence-electron chi connectivity index (χ4n) is 5.94. The second-order valence-electron chi connectivity index (χ2n) is 7.80. The van der Waals surface area contributed by atoms with Crippen LogP contribution in [0.5, 0.6) is 0 Å². The van der Waals surface area contributed by atoms with Crippen LogP contribution in [0.1, 0.15) is 59.8 Å². The van der Waals surface area contributed by atoms with Crippen LogP contribution < -0.4 is 0 Å². The summed E-state index contributed by atoms with van der Waals surface area (Å²) in [6.07, 6.45) is 6.32. The van der Waals surface area contributed by atoms with Crippen LogP contribution in [0.2, 0.25) is 0 Å². The first kappa shape index (κ1) is 11.1. The Morgan fingerprint density at radius 2 is 1.75 bits per heavy atom. The van der Waals surface area contributed by atoms with E-state index in [4.69, 9.17) is 0 Å². The van der Waals surface area contributed by atoms with Crippen molar-refractivity contribution < 1.29 is 5.11 Å². The molecule has 1 nitrogen and oxygen atoms in total. The van der Waals surface area contributed by atoms with E-state index in [1.807, 2.05) is 0 Å². The molecule has 0 unspecified atom stereocenters. The number of hydrogen-bond donors (Lipinski definition) is 1. The van der Waals surface area contributed by atoms with Gasteiger partial charge in [0.15, 0.2) is 0 Å². The SMILES string of the molecule is C[C@H]1CC[C@@H]2C(C)(C)C[C@@]3(C)CC[C@H]1[C@]23O. The van der Waals surface area contributed by atoms with Crippen LogP contribution in [0.4, 0.5) is 0 Å². The van der Waals surface area contributed by atoms with Crippen molar-refractivity contribution in [3.63, 3.8) is 0 Å². The van der Waals surface area contributed by atoms with Crippen molar-refractivity contribution in [2.75, 3.05) is 0 Å². The molecule has 1 N–H and O–H groups in total. The summed E-state index contributed by atoms with van der Waals surface area (Å²) in [6.45, 7) is 9.47. The molecule has 0 aliphatic heterocycles. The van der Waals surface area contributed by atoms with Gasteiger partial charge in [0.2, 0.25) is 0 Å². The molecule has 0 aromatic rings. The summed E-state index contributed by atoms with van der Waals surface area (Å²) in [5.41, 5.74) is 0.219. The number of rotatable bonds is 0. The molecule has 0 heterocycles. The highest BCUT2D eigenvalue weighted by molar-refractivity contribution is 5.20. The van der Waals surface area contributed by atoms with Gasteiger partial charge in [-0.1, -0.05) is 27.7 Å². The van der Waals surface area contributed by atoms with Gasteiger partial charge in [0, 0.05) is 0 Å². The van der Waals surface area contributed by atoms with Crippen LogP contribution in [0.15, 0.2) is 0 Å². The Morgan fingerprint density at radius 1 is 1.06 bits per heavy atom. The Hall–Kier alpha value is -0.0400. The van der Waals surface area contributed by atoms with E-state index in [0.717, 1.165) is 5.92 Å². The normalized spacial score (nSPS) is 58.7. The second kappa shape index (κ2) is 2.85. The minimum Gasteiger partial charge on any atom is -0.389 e. The zero-order valence-electron chi connectivity index (χ0n) is 11.2. The Balaban J connectivity index is 2.10. The molecule has 92 valence electrons. The van der Waals surface area contributed by atoms with Gasteiger partial charge in [-0.2, -0.15) is 0 Å². The van der Waals surface area contributed by atoms with Crippen LogP contribution in [-0.2, 0) is 0 Å². The van der Waals surface area contributed by atoms with Crippen molar-refractivity contribution in [1.82, 2.24) is 0 Å². The lowest BCUT2D eigenvalue weighted by molar-refractivity contribution is -0.138. The van der Waals surface area contributed by atoms with Crippen LogP contribution in [-0.4, -0.2) is 10.7 Å². The topological polar surface area (TPSA) is 20.2 Å². The zero-order chi connectivity index (χ0) is 11.8. The summed E-state index contributed by atoms with van der Waals surface area (Å²) >= 11 is 0. The minimum absolute atomic E-state index is 0.209. The summed E-state index contributed by atoms with van der Waals surface area (Å²) in [7, 11) is 0. The van der Waals surface area contributed by atoms with E-state index >= 15 is 0 Å². The van der Waals surface area contributed by atoms with Gasteiger partial charge in [-0.3, -0.25) is 0 Å². The lowest BCUT2D eigenvalue weighted by Crippen LogP contribution is -2.53. The first-order chi connectivity index (χ1) is 7.31. The van der Waals surface area contributed by atoms with Crippen molar-refractivity contribution in [3.05, 3.63) is 0 Å². The summed E-state index contributed by atoms with van der Waals surface area (Å²) < 4.78 is 0. The van der Waals surface area contributed by atoms with E-state index in [9.17, 15) is 5.11 Å². The van der Waals surface area contributed by atoms with Crippen LogP contribution in [0, 0.1) is 28.6 Å². The molecule has 3 aliphatic rings. The minimum atomic E-state index is -0.339. The maximum Gasteiger partial charge on any atom is 0.0764 e. The molecule has 3 saturated carbocycles. The monoisotopic (exact) mass is 222 g/mol. The molecule has 0 aromatic carbocycles. The molecule has 1 heteroatoms. The van der Waals surface area contributed by atoms with Gasteiger partial charge >= 0.3 is 0 Å². The molecule has 0 aromatic heterocycles. The Labute approximate surface area is 99.6 Å². The highest BCUT2D eigenvalue weighted by Gasteiger charge is 2.70. The maximum atomic E-state index is 11.4. The third-order valence-corrected chi connectivity index (χ3v) is 6.46. The highest BCUT2D eigenvalue weighted by atomic mass is 16.3.